The fourth-order valence-corrected chi connectivity index (χ4v) is 3.39. The summed E-state index contributed by atoms with van der Waals surface area (Å²) in [5, 5.41) is 0. The minimum Gasteiger partial charge on any atom is -0.370 e. The number of thioether (sulfide) groups is 1. The number of benzene rings is 1. The van der Waals surface area contributed by atoms with Crippen LogP contribution in [-0.2, 0) is 5.88 Å². The zero-order valence-electron chi connectivity index (χ0n) is 9.09. The van der Waals surface area contributed by atoms with Crippen LogP contribution in [0.3, 0.4) is 0 Å². The number of anilines is 1. The van der Waals surface area contributed by atoms with Crippen molar-refractivity contribution in [3.8, 4) is 0 Å². The summed E-state index contributed by atoms with van der Waals surface area (Å²) in [6.07, 6.45) is 1.26. The second-order valence-corrected chi connectivity index (χ2v) is 6.27. The molecule has 0 spiro atoms. The maximum Gasteiger partial charge on any atom is 0.0494 e. The molecule has 1 aliphatic rings. The molecule has 0 saturated carbocycles. The van der Waals surface area contributed by atoms with Crippen molar-refractivity contribution in [1.29, 1.82) is 0 Å². The van der Waals surface area contributed by atoms with Gasteiger partial charge in [-0.1, -0.05) is 22.0 Å². The van der Waals surface area contributed by atoms with Gasteiger partial charge in [0.1, 0.15) is 0 Å². The van der Waals surface area contributed by atoms with E-state index in [1.165, 1.54) is 29.2 Å². The van der Waals surface area contributed by atoms with Gasteiger partial charge in [0.2, 0.25) is 0 Å². The third-order valence-electron chi connectivity index (χ3n) is 2.75. The van der Waals surface area contributed by atoms with Crippen molar-refractivity contribution in [3.63, 3.8) is 0 Å². The molecule has 4 heteroatoms. The normalized spacial score (nSPS) is 17.2. The van der Waals surface area contributed by atoms with Crippen LogP contribution in [0, 0.1) is 0 Å². The van der Waals surface area contributed by atoms with Gasteiger partial charge in [-0.15, -0.1) is 11.6 Å². The maximum atomic E-state index is 6.00. The summed E-state index contributed by atoms with van der Waals surface area (Å²) in [5.74, 6) is 3.08. The molecule has 2 rings (SSSR count). The van der Waals surface area contributed by atoms with E-state index in [0.717, 1.165) is 17.6 Å². The van der Waals surface area contributed by atoms with Gasteiger partial charge >= 0.3 is 0 Å². The molecule has 1 saturated heterocycles. The molecule has 1 aromatic rings. The van der Waals surface area contributed by atoms with Crippen molar-refractivity contribution < 1.29 is 0 Å². The highest BCUT2D eigenvalue weighted by Crippen LogP contribution is 2.28. The van der Waals surface area contributed by atoms with E-state index in [0.29, 0.717) is 5.88 Å². The minimum atomic E-state index is 0.590. The average Bonchev–Trinajstić information content (AvgIpc) is 2.57. The molecule has 0 unspecified atom stereocenters. The average molecular weight is 321 g/mol. The van der Waals surface area contributed by atoms with Crippen LogP contribution in [-0.4, -0.2) is 24.6 Å². The fourth-order valence-electron chi connectivity index (χ4n) is 1.93. The van der Waals surface area contributed by atoms with E-state index in [-0.39, 0.29) is 0 Å². The minimum absolute atomic E-state index is 0.590. The number of hydrogen-bond donors (Lipinski definition) is 0. The smallest absolute Gasteiger partial charge is 0.0494 e. The molecule has 1 aromatic carbocycles. The molecule has 0 bridgehead atoms. The molecule has 16 heavy (non-hydrogen) atoms. The van der Waals surface area contributed by atoms with Crippen LogP contribution in [0.5, 0.6) is 0 Å². The molecule has 1 heterocycles. The van der Waals surface area contributed by atoms with Crippen LogP contribution in [0.4, 0.5) is 5.69 Å². The topological polar surface area (TPSA) is 3.24 Å². The van der Waals surface area contributed by atoms with Gasteiger partial charge < -0.3 is 4.90 Å². The Balaban J connectivity index is 2.25. The third kappa shape index (κ3) is 3.08. The van der Waals surface area contributed by atoms with Gasteiger partial charge in [0.05, 0.1) is 0 Å². The summed E-state index contributed by atoms with van der Waals surface area (Å²) in [6.45, 7) is 2.28. The van der Waals surface area contributed by atoms with Crippen LogP contribution >= 0.6 is 39.3 Å². The predicted octanol–water partition coefficient (Wildman–Crippen LogP) is 4.13. The Bertz CT molecular complexity index is 351. The first kappa shape index (κ1) is 12.6. The first-order valence-electron chi connectivity index (χ1n) is 5.48. The Hall–Kier alpha value is 0.140. The van der Waals surface area contributed by atoms with Crippen molar-refractivity contribution >= 4 is 45.0 Å². The molecule has 0 atom stereocenters. The summed E-state index contributed by atoms with van der Waals surface area (Å²) in [7, 11) is 0. The number of rotatable bonds is 2. The van der Waals surface area contributed by atoms with E-state index < -0.39 is 0 Å². The lowest BCUT2D eigenvalue weighted by Crippen LogP contribution is -2.26. The van der Waals surface area contributed by atoms with Crippen molar-refractivity contribution in [2.75, 3.05) is 29.5 Å². The van der Waals surface area contributed by atoms with Gasteiger partial charge in [-0.25, -0.2) is 0 Å². The SMILES string of the molecule is ClCc1ccc(Br)cc1N1CCCSCC1. The highest BCUT2D eigenvalue weighted by atomic mass is 79.9. The van der Waals surface area contributed by atoms with E-state index in [1.807, 2.05) is 11.8 Å². The molecule has 0 N–H and O–H groups in total. The summed E-state index contributed by atoms with van der Waals surface area (Å²) in [4.78, 5) is 2.46. The van der Waals surface area contributed by atoms with Crippen LogP contribution in [0.2, 0.25) is 0 Å². The van der Waals surface area contributed by atoms with Crippen LogP contribution < -0.4 is 4.90 Å². The van der Waals surface area contributed by atoms with Crippen molar-refractivity contribution in [3.05, 3.63) is 28.2 Å². The zero-order valence-corrected chi connectivity index (χ0v) is 12.2. The molecule has 1 aliphatic heterocycles. The van der Waals surface area contributed by atoms with Crippen LogP contribution in [0.15, 0.2) is 22.7 Å². The molecule has 1 nitrogen and oxygen atoms in total. The number of halogens is 2. The van der Waals surface area contributed by atoms with Gasteiger partial charge in [-0.05, 0) is 29.9 Å². The molecule has 1 fully saturated rings. The first-order chi connectivity index (χ1) is 7.81. The van der Waals surface area contributed by atoms with Crippen molar-refractivity contribution in [2.45, 2.75) is 12.3 Å². The first-order valence-corrected chi connectivity index (χ1v) is 7.96. The largest absolute Gasteiger partial charge is 0.370 e. The highest BCUT2D eigenvalue weighted by molar-refractivity contribution is 9.10. The maximum absolute atomic E-state index is 6.00. The summed E-state index contributed by atoms with van der Waals surface area (Å²) in [5.41, 5.74) is 2.53. The molecular formula is C12H15BrClNS. The summed E-state index contributed by atoms with van der Waals surface area (Å²) < 4.78 is 1.13. The number of nitrogens with zero attached hydrogens (tertiary/aromatic N) is 1. The Kier molecular flexibility index (Phi) is 4.86. The van der Waals surface area contributed by atoms with E-state index in [9.17, 15) is 0 Å². The predicted molar refractivity (Wildman–Crippen MR) is 77.9 cm³/mol. The fraction of sp³-hybridized carbons (Fsp3) is 0.500. The standard InChI is InChI=1S/C12H15BrClNS/c13-11-3-2-10(9-14)12(8-11)15-4-1-6-16-7-5-15/h2-3,8H,1,4-7,9H2. The third-order valence-corrected chi connectivity index (χ3v) is 4.58. The van der Waals surface area contributed by atoms with Crippen molar-refractivity contribution in [2.24, 2.45) is 0 Å². The lowest BCUT2D eigenvalue weighted by Gasteiger charge is -2.25. The van der Waals surface area contributed by atoms with E-state index in [2.05, 4.69) is 39.0 Å². The summed E-state index contributed by atoms with van der Waals surface area (Å²) in [6, 6.07) is 6.37. The Morgan fingerprint density at radius 3 is 3.00 bits per heavy atom. The Morgan fingerprint density at radius 2 is 2.19 bits per heavy atom. The van der Waals surface area contributed by atoms with E-state index in [4.69, 9.17) is 11.6 Å². The molecule has 88 valence electrons. The monoisotopic (exact) mass is 319 g/mol. The zero-order chi connectivity index (χ0) is 11.4. The second-order valence-electron chi connectivity index (χ2n) is 3.86. The Labute approximate surface area is 115 Å². The van der Waals surface area contributed by atoms with Gasteiger partial charge in [0.15, 0.2) is 0 Å². The molecule has 0 radical (unpaired) electrons. The lowest BCUT2D eigenvalue weighted by atomic mass is 10.1. The van der Waals surface area contributed by atoms with E-state index in [1.54, 1.807) is 0 Å². The molecule has 0 amide bonds. The molecular weight excluding hydrogens is 306 g/mol. The van der Waals surface area contributed by atoms with Crippen LogP contribution in [0.25, 0.3) is 0 Å². The van der Waals surface area contributed by atoms with Gasteiger partial charge in [-0.3, -0.25) is 0 Å². The van der Waals surface area contributed by atoms with Gasteiger partial charge in [-0.2, -0.15) is 11.8 Å². The highest BCUT2D eigenvalue weighted by Gasteiger charge is 2.13. The van der Waals surface area contributed by atoms with Gasteiger partial charge in [0, 0.05) is 34.9 Å². The molecule has 0 aromatic heterocycles. The Morgan fingerprint density at radius 1 is 1.31 bits per heavy atom. The lowest BCUT2D eigenvalue weighted by molar-refractivity contribution is 0.812. The van der Waals surface area contributed by atoms with E-state index >= 15 is 0 Å². The number of alkyl halides is 1. The van der Waals surface area contributed by atoms with Gasteiger partial charge in [0.25, 0.3) is 0 Å². The number of hydrogen-bond acceptors (Lipinski definition) is 2. The second kappa shape index (κ2) is 6.18. The van der Waals surface area contributed by atoms with Crippen molar-refractivity contribution in [1.82, 2.24) is 0 Å². The summed E-state index contributed by atoms with van der Waals surface area (Å²) >= 11 is 11.6. The quantitative estimate of drug-likeness (QED) is 0.754. The van der Waals surface area contributed by atoms with Crippen LogP contribution in [0.1, 0.15) is 12.0 Å². The molecule has 0 aliphatic carbocycles.